The molecular weight excluding hydrogens is 578 g/mol. The number of hydrogen-bond acceptors (Lipinski definition) is 8. The van der Waals surface area contributed by atoms with Gasteiger partial charge in [0.05, 0.1) is 25.4 Å². The molecule has 0 aromatic heterocycles. The molecule has 3 saturated carbocycles. The molecule has 1 saturated heterocycles. The minimum atomic E-state index is -1.20. The Labute approximate surface area is 264 Å². The summed E-state index contributed by atoms with van der Waals surface area (Å²) in [5, 5.41) is 37.8. The lowest BCUT2D eigenvalue weighted by Gasteiger charge is -2.62. The Morgan fingerprint density at radius 2 is 1.87 bits per heavy atom. The standard InChI is InChI=1S/C34H47N3O8/c1-8-9-24(20-12-21(31(40)35-6)14-22(13-20)33(42)43)27(44-7)10-11-37-30(29(19(3)39)28(17-38)45-37)32(41)36-26-16-23-15-25(18(26)2)34(23,4)5/h8-10,12-14,18-19,23,25-26,28-30,38-39H,1,11,15-17H2,2-7H3,(H,35,40)(H,36,41)(H,42,43)/t18-,19-,23+,25-,26-,28-,29+,30-/m0/s1. The van der Waals surface area contributed by atoms with E-state index in [1.54, 1.807) is 25.1 Å². The number of amides is 2. The van der Waals surface area contributed by atoms with E-state index >= 15 is 0 Å². The van der Waals surface area contributed by atoms with Crippen LogP contribution in [0.15, 0.2) is 48.8 Å². The fraction of sp³-hybridized carbons (Fsp3) is 0.559. The number of methoxy groups -OCH3 is 1. The maximum atomic E-state index is 13.9. The topological polar surface area (TPSA) is 158 Å². The minimum absolute atomic E-state index is 0.00202. The number of fused-ring (bicyclic) bond motifs is 2. The van der Waals surface area contributed by atoms with Crippen molar-refractivity contribution in [2.45, 2.75) is 64.8 Å². The molecule has 2 amide bonds. The number of nitrogens with one attached hydrogen (secondary N) is 2. The van der Waals surface area contributed by atoms with E-state index in [-0.39, 0.29) is 41.6 Å². The third-order valence-electron chi connectivity index (χ3n) is 10.3. The highest BCUT2D eigenvalue weighted by molar-refractivity contribution is 5.99. The highest BCUT2D eigenvalue weighted by Crippen LogP contribution is 2.61. The average Bonchev–Trinajstić information content (AvgIpc) is 3.39. The number of carbonyl (C=O) groups is 3. The fourth-order valence-corrected chi connectivity index (χ4v) is 7.60. The lowest BCUT2D eigenvalue weighted by molar-refractivity contribution is -0.172. The van der Waals surface area contributed by atoms with Gasteiger partial charge in [0.2, 0.25) is 5.91 Å². The van der Waals surface area contributed by atoms with Crippen molar-refractivity contribution in [3.63, 3.8) is 0 Å². The van der Waals surface area contributed by atoms with Crippen LogP contribution >= 0.6 is 0 Å². The SMILES string of the molecule is C=CC=C(C(=CCN1O[C@@H](CO)[C@@H]([C@H](C)O)[C@H]1C(=O)N[C@H]1C[C@H]2C[C@@H]([C@@H]1C)C2(C)C)OC)c1cc(C(=O)O)cc(C(=O)NC)c1. The Kier molecular flexibility index (Phi) is 10.6. The first-order valence-corrected chi connectivity index (χ1v) is 15.5. The lowest BCUT2D eigenvalue weighted by Crippen LogP contribution is -2.62. The van der Waals surface area contributed by atoms with Crippen LogP contribution < -0.4 is 10.6 Å². The summed E-state index contributed by atoms with van der Waals surface area (Å²) >= 11 is 0. The van der Waals surface area contributed by atoms with E-state index in [0.29, 0.717) is 34.6 Å². The van der Waals surface area contributed by atoms with E-state index in [0.717, 1.165) is 6.42 Å². The van der Waals surface area contributed by atoms with Crippen molar-refractivity contribution in [2.24, 2.45) is 29.1 Å². The number of hydroxylamine groups is 2. The molecule has 0 unspecified atom stereocenters. The molecule has 45 heavy (non-hydrogen) atoms. The van der Waals surface area contributed by atoms with Gasteiger partial charge in [0.15, 0.2) is 0 Å². The predicted octanol–water partition coefficient (Wildman–Crippen LogP) is 3.00. The van der Waals surface area contributed by atoms with Crippen LogP contribution in [0.25, 0.3) is 5.57 Å². The molecular formula is C34H47N3O8. The first-order valence-electron chi connectivity index (χ1n) is 15.5. The number of hydrogen-bond donors (Lipinski definition) is 5. The van der Waals surface area contributed by atoms with E-state index in [9.17, 15) is 29.7 Å². The predicted molar refractivity (Wildman–Crippen MR) is 169 cm³/mol. The molecule has 3 aliphatic carbocycles. The third kappa shape index (κ3) is 6.72. The van der Waals surface area contributed by atoms with Gasteiger partial charge in [-0.3, -0.25) is 14.4 Å². The molecule has 11 heteroatoms. The number of aliphatic hydroxyl groups is 2. The molecule has 1 aromatic carbocycles. The van der Waals surface area contributed by atoms with Crippen molar-refractivity contribution in [2.75, 3.05) is 27.3 Å². The summed E-state index contributed by atoms with van der Waals surface area (Å²) in [7, 11) is 2.91. The smallest absolute Gasteiger partial charge is 0.335 e. The number of nitrogens with zero attached hydrogens (tertiary/aromatic N) is 1. The van der Waals surface area contributed by atoms with Gasteiger partial charge in [-0.05, 0) is 72.8 Å². The van der Waals surface area contributed by atoms with Gasteiger partial charge >= 0.3 is 5.97 Å². The Balaban J connectivity index is 1.64. The zero-order chi connectivity index (χ0) is 33.2. The van der Waals surface area contributed by atoms with Crippen LogP contribution in [0.2, 0.25) is 0 Å². The summed E-state index contributed by atoms with van der Waals surface area (Å²) in [6.45, 7) is 11.8. The molecule has 0 radical (unpaired) electrons. The van der Waals surface area contributed by atoms with E-state index in [1.165, 1.54) is 43.9 Å². The second-order valence-electron chi connectivity index (χ2n) is 13.0. The maximum absolute atomic E-state index is 13.9. The summed E-state index contributed by atoms with van der Waals surface area (Å²) in [5.41, 5.74) is 1.18. The number of ether oxygens (including phenoxy) is 1. The molecule has 1 aromatic rings. The van der Waals surface area contributed by atoms with Crippen molar-refractivity contribution < 1.29 is 39.3 Å². The number of carboxylic acids is 1. The third-order valence-corrected chi connectivity index (χ3v) is 10.3. The summed E-state index contributed by atoms with van der Waals surface area (Å²) in [4.78, 5) is 44.3. The summed E-state index contributed by atoms with van der Waals surface area (Å²) in [6.07, 6.45) is 5.13. The number of carboxylic acid groups (broad SMARTS) is 1. The second kappa shape index (κ2) is 13.9. The quantitative estimate of drug-likeness (QED) is 0.174. The number of aliphatic hydroxyl groups excluding tert-OH is 2. The zero-order valence-electron chi connectivity index (χ0n) is 26.9. The van der Waals surface area contributed by atoms with Crippen molar-refractivity contribution in [3.05, 3.63) is 65.5 Å². The normalized spacial score (nSPS) is 30.2. The van der Waals surface area contributed by atoms with Crippen LogP contribution in [0.1, 0.15) is 66.8 Å². The molecule has 4 aliphatic rings. The van der Waals surface area contributed by atoms with Gasteiger partial charge in [0, 0.05) is 36.7 Å². The van der Waals surface area contributed by atoms with Gasteiger partial charge in [-0.1, -0.05) is 39.5 Å². The highest BCUT2D eigenvalue weighted by atomic mass is 16.7. The molecule has 1 aliphatic heterocycles. The van der Waals surface area contributed by atoms with Crippen molar-refractivity contribution in [1.29, 1.82) is 0 Å². The molecule has 1 heterocycles. The van der Waals surface area contributed by atoms with Crippen LogP contribution in [0.5, 0.6) is 0 Å². The van der Waals surface area contributed by atoms with Crippen molar-refractivity contribution >= 4 is 23.4 Å². The maximum Gasteiger partial charge on any atom is 0.335 e. The summed E-state index contributed by atoms with van der Waals surface area (Å²) in [6, 6.07) is 3.39. The van der Waals surface area contributed by atoms with Gasteiger partial charge in [0.1, 0.15) is 17.9 Å². The molecule has 246 valence electrons. The number of carbonyl (C=O) groups excluding carboxylic acids is 2. The largest absolute Gasteiger partial charge is 0.496 e. The molecule has 5 rings (SSSR count). The number of allylic oxidation sites excluding steroid dienone is 3. The molecule has 2 bridgehead atoms. The number of benzene rings is 1. The van der Waals surface area contributed by atoms with Crippen LogP contribution in [0.4, 0.5) is 0 Å². The summed E-state index contributed by atoms with van der Waals surface area (Å²) in [5.74, 6) is -0.925. The zero-order valence-corrected chi connectivity index (χ0v) is 26.9. The summed E-state index contributed by atoms with van der Waals surface area (Å²) < 4.78 is 5.72. The molecule has 0 spiro atoms. The van der Waals surface area contributed by atoms with Gasteiger partial charge in [-0.25, -0.2) is 4.79 Å². The number of aromatic carboxylic acids is 1. The minimum Gasteiger partial charge on any atom is -0.496 e. The van der Waals surface area contributed by atoms with Gasteiger partial charge in [0.25, 0.3) is 5.91 Å². The van der Waals surface area contributed by atoms with E-state index in [2.05, 4.69) is 38.0 Å². The average molecular weight is 626 g/mol. The van der Waals surface area contributed by atoms with Gasteiger partial charge < -0.3 is 30.7 Å². The Morgan fingerprint density at radius 1 is 1.20 bits per heavy atom. The lowest BCUT2D eigenvalue weighted by atomic mass is 9.45. The van der Waals surface area contributed by atoms with Crippen LogP contribution in [0.3, 0.4) is 0 Å². The van der Waals surface area contributed by atoms with Crippen LogP contribution in [-0.2, 0) is 14.4 Å². The van der Waals surface area contributed by atoms with Gasteiger partial charge in [-0.2, -0.15) is 5.06 Å². The van der Waals surface area contributed by atoms with Crippen molar-refractivity contribution in [3.8, 4) is 0 Å². The first-order chi connectivity index (χ1) is 21.3. The van der Waals surface area contributed by atoms with E-state index < -0.39 is 36.0 Å². The second-order valence-corrected chi connectivity index (χ2v) is 13.0. The molecule has 4 fully saturated rings. The fourth-order valence-electron chi connectivity index (χ4n) is 7.60. The first kappa shape index (κ1) is 34.4. The van der Waals surface area contributed by atoms with E-state index in [4.69, 9.17) is 9.57 Å². The van der Waals surface area contributed by atoms with Crippen molar-refractivity contribution in [1.82, 2.24) is 15.7 Å². The Hall–Kier alpha value is -3.51. The van der Waals surface area contributed by atoms with Crippen LogP contribution in [-0.4, -0.2) is 89.8 Å². The number of rotatable bonds is 12. The van der Waals surface area contributed by atoms with Gasteiger partial charge in [-0.15, -0.1) is 0 Å². The van der Waals surface area contributed by atoms with Crippen LogP contribution in [0, 0.1) is 29.1 Å². The van der Waals surface area contributed by atoms with E-state index in [1.807, 2.05) is 0 Å². The highest BCUT2D eigenvalue weighted by Gasteiger charge is 2.57. The molecule has 11 nitrogen and oxygen atoms in total. The Bertz CT molecular complexity index is 1370. The molecule has 5 N–H and O–H groups in total. The molecule has 8 atom stereocenters. The Morgan fingerprint density at radius 3 is 2.40 bits per heavy atom. The monoisotopic (exact) mass is 625 g/mol.